The summed E-state index contributed by atoms with van der Waals surface area (Å²) in [6.07, 6.45) is 4.37. The van der Waals surface area contributed by atoms with E-state index < -0.39 is 17.5 Å². The molecule has 45 heavy (non-hydrogen) atoms. The van der Waals surface area contributed by atoms with Crippen LogP contribution in [0.2, 0.25) is 0 Å². The van der Waals surface area contributed by atoms with Crippen molar-refractivity contribution in [3.05, 3.63) is 48.6 Å². The Kier molecular flexibility index (Phi) is 9.01. The van der Waals surface area contributed by atoms with Crippen molar-refractivity contribution in [2.75, 3.05) is 6.61 Å². The highest BCUT2D eigenvalue weighted by Gasteiger charge is 2.61. The smallest absolute Gasteiger partial charge is 0.171 e. The van der Waals surface area contributed by atoms with Gasteiger partial charge in [0.2, 0.25) is 0 Å². The number of hydrogen-bond donors (Lipinski definition) is 1. The van der Waals surface area contributed by atoms with Gasteiger partial charge in [-0.15, -0.1) is 6.58 Å². The van der Waals surface area contributed by atoms with E-state index in [0.717, 1.165) is 44.3 Å². The molecule has 6 fully saturated rings. The van der Waals surface area contributed by atoms with Crippen LogP contribution in [0.5, 0.6) is 0 Å². The summed E-state index contributed by atoms with van der Waals surface area (Å²) < 4.78 is 47.9. The molecule has 8 heteroatoms. The van der Waals surface area contributed by atoms with E-state index in [1.54, 1.807) is 6.08 Å². The van der Waals surface area contributed by atoms with Crippen molar-refractivity contribution < 1.29 is 38.3 Å². The third kappa shape index (κ3) is 5.86. The van der Waals surface area contributed by atoms with Crippen LogP contribution >= 0.6 is 0 Å². The fourth-order valence-electron chi connectivity index (χ4n) is 9.20. The summed E-state index contributed by atoms with van der Waals surface area (Å²) in [5.41, 5.74) is 0.368. The van der Waals surface area contributed by atoms with Gasteiger partial charge in [0.25, 0.3) is 0 Å². The van der Waals surface area contributed by atoms with Crippen molar-refractivity contribution in [3.63, 3.8) is 0 Å². The van der Waals surface area contributed by atoms with E-state index in [4.69, 9.17) is 33.2 Å². The maximum absolute atomic E-state index is 11.0. The molecule has 0 bridgehead atoms. The number of benzene rings is 1. The summed E-state index contributed by atoms with van der Waals surface area (Å²) >= 11 is 0. The Bertz CT molecular complexity index is 1170. The lowest BCUT2D eigenvalue weighted by Gasteiger charge is -2.51. The Morgan fingerprint density at radius 3 is 2.29 bits per heavy atom. The Morgan fingerprint density at radius 2 is 1.56 bits per heavy atom. The van der Waals surface area contributed by atoms with Crippen LogP contribution in [0, 0.1) is 23.7 Å². The van der Waals surface area contributed by atoms with Gasteiger partial charge in [0.15, 0.2) is 5.79 Å². The van der Waals surface area contributed by atoms with Crippen molar-refractivity contribution in [3.8, 4) is 0 Å². The Morgan fingerprint density at radius 1 is 0.844 bits per heavy atom. The van der Waals surface area contributed by atoms with Crippen LogP contribution in [-0.4, -0.2) is 84.1 Å². The molecule has 6 aliphatic rings. The van der Waals surface area contributed by atoms with E-state index in [1.807, 2.05) is 13.0 Å². The van der Waals surface area contributed by atoms with Crippen LogP contribution in [0.15, 0.2) is 43.0 Å². The first-order valence-corrected chi connectivity index (χ1v) is 17.5. The van der Waals surface area contributed by atoms with Crippen LogP contribution in [-0.2, 0) is 39.8 Å². The molecule has 16 atom stereocenters. The van der Waals surface area contributed by atoms with Crippen LogP contribution < -0.4 is 0 Å². The molecular formula is C37H54O8. The summed E-state index contributed by atoms with van der Waals surface area (Å²) in [7, 11) is 0. The van der Waals surface area contributed by atoms with Crippen molar-refractivity contribution in [2.24, 2.45) is 23.7 Å². The first-order chi connectivity index (χ1) is 21.6. The van der Waals surface area contributed by atoms with Crippen LogP contribution in [0.3, 0.4) is 0 Å². The lowest BCUT2D eigenvalue weighted by molar-refractivity contribution is -0.341. The molecule has 0 radical (unpaired) electrons. The third-order valence-electron chi connectivity index (χ3n) is 12.2. The van der Waals surface area contributed by atoms with Crippen molar-refractivity contribution >= 4 is 0 Å². The molecule has 1 N–H and O–H groups in total. The van der Waals surface area contributed by atoms with E-state index >= 15 is 0 Å². The summed E-state index contributed by atoms with van der Waals surface area (Å²) in [5.74, 6) is 0.172. The first kappa shape index (κ1) is 32.2. The normalized spacial score (nSPS) is 51.5. The number of ether oxygens (including phenoxy) is 7. The topological polar surface area (TPSA) is 84.8 Å². The summed E-state index contributed by atoms with van der Waals surface area (Å²) in [6.45, 7) is 16.2. The molecule has 0 unspecified atom stereocenters. The van der Waals surface area contributed by atoms with Gasteiger partial charge in [-0.3, -0.25) is 0 Å². The number of aliphatic hydroxyl groups excluding tert-OH is 1. The summed E-state index contributed by atoms with van der Waals surface area (Å²) in [4.78, 5) is 0. The average molecular weight is 627 g/mol. The molecular weight excluding hydrogens is 572 g/mol. The maximum atomic E-state index is 11.0. The molecule has 1 spiro atoms. The van der Waals surface area contributed by atoms with Gasteiger partial charge in [-0.1, -0.05) is 64.1 Å². The molecule has 6 aliphatic heterocycles. The zero-order valence-electron chi connectivity index (χ0n) is 27.7. The highest BCUT2D eigenvalue weighted by atomic mass is 16.7. The highest BCUT2D eigenvalue weighted by molar-refractivity contribution is 5.14. The standard InChI is InChI=1S/C37H54O8/c1-7-36(6)31(38)19-28-29(44-36)17-21(2)16-26-27(41-28)18-30-32(42-26)23(4)33(39-20-25-12-9-8-10-13-25)35-34(43-30)22(3)24(5)37(45-35)14-11-15-40-37/h7-10,12-13,21-24,26-35,38H,1,11,14-20H2,2-6H3/t21-,22+,23-,24+,26+,27-,28+,29-,30+,31-,32-,33+,34-,35+,36+,37-/m1/s1. The molecule has 0 aromatic heterocycles. The molecule has 7 rings (SSSR count). The van der Waals surface area contributed by atoms with Gasteiger partial charge < -0.3 is 38.3 Å². The lowest BCUT2D eigenvalue weighted by Crippen LogP contribution is -2.61. The minimum Gasteiger partial charge on any atom is -0.390 e. The van der Waals surface area contributed by atoms with Gasteiger partial charge in [0.1, 0.15) is 11.7 Å². The molecule has 0 saturated carbocycles. The zero-order chi connectivity index (χ0) is 31.5. The van der Waals surface area contributed by atoms with Gasteiger partial charge in [0.05, 0.1) is 68.1 Å². The minimum atomic E-state index is -0.769. The average Bonchev–Trinajstić information content (AvgIpc) is 3.46. The molecule has 1 aromatic carbocycles. The van der Waals surface area contributed by atoms with Gasteiger partial charge >= 0.3 is 0 Å². The fraction of sp³-hybridized carbons (Fsp3) is 0.784. The van der Waals surface area contributed by atoms with Gasteiger partial charge in [-0.2, -0.15) is 0 Å². The largest absolute Gasteiger partial charge is 0.390 e. The maximum Gasteiger partial charge on any atom is 0.171 e. The predicted molar refractivity (Wildman–Crippen MR) is 168 cm³/mol. The second-order valence-electron chi connectivity index (χ2n) is 15.2. The van der Waals surface area contributed by atoms with E-state index in [9.17, 15) is 5.11 Å². The minimum absolute atomic E-state index is 0.0235. The van der Waals surface area contributed by atoms with Crippen LogP contribution in [0.4, 0.5) is 0 Å². The van der Waals surface area contributed by atoms with Gasteiger partial charge in [-0.05, 0) is 43.6 Å². The lowest BCUT2D eigenvalue weighted by atomic mass is 9.76. The second kappa shape index (κ2) is 12.6. The van der Waals surface area contributed by atoms with E-state index in [2.05, 4.69) is 58.5 Å². The van der Waals surface area contributed by atoms with Gasteiger partial charge in [0, 0.05) is 31.1 Å². The quantitative estimate of drug-likeness (QED) is 0.434. The predicted octanol–water partition coefficient (Wildman–Crippen LogP) is 5.59. The molecule has 0 aliphatic carbocycles. The van der Waals surface area contributed by atoms with Crippen molar-refractivity contribution in [2.45, 2.75) is 152 Å². The summed E-state index contributed by atoms with van der Waals surface area (Å²) in [5, 5.41) is 11.0. The SMILES string of the molecule is C=C[C@]1(C)O[C@@H]2C[C@H](C)C[C@@H]3O[C@@H]4[C@@H](C)[C@H](OCc5ccccc5)[C@@H]5O[C@]6(CCCO6)[C@@H](C)[C@H](C)[C@H]5O[C@H]4C[C@H]3O[C@H]2C[C@H]1O. The monoisotopic (exact) mass is 626 g/mol. The molecule has 250 valence electrons. The molecule has 6 heterocycles. The highest BCUT2D eigenvalue weighted by Crippen LogP contribution is 2.51. The Balaban J connectivity index is 1.17. The van der Waals surface area contributed by atoms with E-state index in [0.29, 0.717) is 18.9 Å². The second-order valence-corrected chi connectivity index (χ2v) is 15.2. The van der Waals surface area contributed by atoms with Crippen LogP contribution in [0.1, 0.15) is 78.7 Å². The number of aliphatic hydroxyl groups is 1. The molecule has 1 aromatic rings. The summed E-state index contributed by atoms with van der Waals surface area (Å²) in [6, 6.07) is 10.4. The zero-order valence-corrected chi connectivity index (χ0v) is 27.7. The molecule has 6 saturated heterocycles. The van der Waals surface area contributed by atoms with Crippen LogP contribution in [0.25, 0.3) is 0 Å². The number of fused-ring (bicyclic) bond motifs is 4. The van der Waals surface area contributed by atoms with E-state index in [-0.39, 0.29) is 72.7 Å². The van der Waals surface area contributed by atoms with Crippen molar-refractivity contribution in [1.29, 1.82) is 0 Å². The Hall–Kier alpha value is -1.36. The van der Waals surface area contributed by atoms with Crippen molar-refractivity contribution in [1.82, 2.24) is 0 Å². The third-order valence-corrected chi connectivity index (χ3v) is 12.2. The number of hydrogen-bond acceptors (Lipinski definition) is 8. The molecule has 8 nitrogen and oxygen atoms in total. The fourth-order valence-corrected chi connectivity index (χ4v) is 9.20. The van der Waals surface area contributed by atoms with Gasteiger partial charge in [-0.25, -0.2) is 0 Å². The Labute approximate surface area is 269 Å². The van der Waals surface area contributed by atoms with E-state index in [1.165, 1.54) is 0 Å². The molecule has 0 amide bonds. The number of rotatable bonds is 4. The first-order valence-electron chi connectivity index (χ1n) is 17.5.